The van der Waals surface area contributed by atoms with Crippen LogP contribution in [-0.4, -0.2) is 46.0 Å². The molecule has 0 aromatic carbocycles. The molecule has 0 spiro atoms. The molecule has 0 aliphatic rings. The summed E-state index contributed by atoms with van der Waals surface area (Å²) in [5.41, 5.74) is 3.31. The molecule has 1 unspecified atom stereocenters. The van der Waals surface area contributed by atoms with Crippen molar-refractivity contribution in [2.24, 2.45) is 11.8 Å². The number of hydrogen-bond acceptors (Lipinski definition) is 5. The Bertz CT molecular complexity index is 922. The number of aliphatic hydroxyl groups excluding tert-OH is 1. The molecule has 1 N–H and O–H groups in total. The number of thiazole rings is 1. The van der Waals surface area contributed by atoms with Gasteiger partial charge in [-0.15, -0.1) is 11.3 Å². The summed E-state index contributed by atoms with van der Waals surface area (Å²) >= 11 is 1.68. The second kappa shape index (κ2) is 14.4. The summed E-state index contributed by atoms with van der Waals surface area (Å²) in [5.74, 6) is 0.835. The van der Waals surface area contributed by atoms with E-state index in [0.29, 0.717) is 11.8 Å². The topological polar surface area (TPSA) is 51.6 Å². The average Bonchev–Trinajstić information content (AvgIpc) is 3.18. The molecule has 0 aliphatic carbocycles. The highest BCUT2D eigenvalue weighted by Gasteiger charge is 2.39. The zero-order chi connectivity index (χ0) is 29.5. The van der Waals surface area contributed by atoms with Crippen LogP contribution >= 0.6 is 11.3 Å². The lowest BCUT2D eigenvalue weighted by atomic mass is 9.91. The lowest BCUT2D eigenvalue weighted by Gasteiger charge is -2.39. The van der Waals surface area contributed by atoms with Gasteiger partial charge in [0.2, 0.25) is 0 Å². The van der Waals surface area contributed by atoms with Crippen molar-refractivity contribution >= 4 is 34.0 Å². The zero-order valence-corrected chi connectivity index (χ0v) is 29.9. The van der Waals surface area contributed by atoms with Crippen LogP contribution in [0.25, 0.3) is 6.08 Å². The maximum Gasteiger partial charge on any atom is 0.192 e. The van der Waals surface area contributed by atoms with Crippen molar-refractivity contribution in [3.8, 4) is 0 Å². The van der Waals surface area contributed by atoms with Gasteiger partial charge in [0.15, 0.2) is 16.6 Å². The van der Waals surface area contributed by atoms with Crippen LogP contribution in [0, 0.1) is 18.8 Å². The van der Waals surface area contributed by atoms with Gasteiger partial charge in [-0.1, -0.05) is 61.5 Å². The standard InChI is InChI=1S/C31H59NO3SSi2/c1-23(21-34-37(11,12)30(5,6)7)15-16-24(2)27(20-33)17-18-29(35-38(13,14)31(8,9)10)25(3)19-28-22-36-26(4)32-28/h17,19,22-24,29,33H,15-16,18,20-21H2,1-14H3/t23-,24?,29-/m0/s1. The molecule has 1 heterocycles. The quantitative estimate of drug-likeness (QED) is 0.175. The first-order valence-corrected chi connectivity index (χ1v) is 21.1. The summed E-state index contributed by atoms with van der Waals surface area (Å²) in [6, 6.07) is 0. The smallest absolute Gasteiger partial charge is 0.192 e. The second-order valence-corrected chi connectivity index (χ2v) is 25.0. The first-order chi connectivity index (χ1) is 17.2. The Morgan fingerprint density at radius 2 is 1.61 bits per heavy atom. The van der Waals surface area contributed by atoms with Gasteiger partial charge in [-0.2, -0.15) is 0 Å². The van der Waals surface area contributed by atoms with E-state index in [1.165, 1.54) is 5.57 Å². The molecule has 220 valence electrons. The van der Waals surface area contributed by atoms with E-state index in [2.05, 4.69) is 111 Å². The van der Waals surface area contributed by atoms with Gasteiger partial charge < -0.3 is 14.0 Å². The fourth-order valence-electron chi connectivity index (χ4n) is 3.68. The third-order valence-corrected chi connectivity index (χ3v) is 18.6. The SMILES string of the molecule is CC(=Cc1csc(C)n1)[C@H](CC=C(CO)C(C)CC[C@H](C)CO[Si](C)(C)C(C)(C)C)O[Si](C)(C)C(C)(C)C. The van der Waals surface area contributed by atoms with E-state index in [1.807, 2.05) is 6.92 Å². The molecule has 1 aromatic rings. The summed E-state index contributed by atoms with van der Waals surface area (Å²) in [4.78, 5) is 4.64. The zero-order valence-electron chi connectivity index (χ0n) is 27.1. The van der Waals surface area contributed by atoms with Crippen LogP contribution in [0.4, 0.5) is 0 Å². The van der Waals surface area contributed by atoms with E-state index in [9.17, 15) is 5.11 Å². The van der Waals surface area contributed by atoms with Crippen LogP contribution in [0.3, 0.4) is 0 Å². The monoisotopic (exact) mass is 581 g/mol. The molecule has 1 aromatic heterocycles. The predicted molar refractivity (Wildman–Crippen MR) is 173 cm³/mol. The fraction of sp³-hybridized carbons (Fsp3) is 0.774. The molecule has 0 fully saturated rings. The lowest BCUT2D eigenvalue weighted by Crippen LogP contribution is -2.44. The van der Waals surface area contributed by atoms with E-state index in [-0.39, 0.29) is 22.8 Å². The molecule has 3 atom stereocenters. The molecule has 38 heavy (non-hydrogen) atoms. The van der Waals surface area contributed by atoms with E-state index < -0.39 is 16.6 Å². The van der Waals surface area contributed by atoms with E-state index >= 15 is 0 Å². The van der Waals surface area contributed by atoms with Gasteiger partial charge in [0.05, 0.1) is 23.4 Å². The highest BCUT2D eigenvalue weighted by atomic mass is 32.1. The Morgan fingerprint density at radius 3 is 2.08 bits per heavy atom. The van der Waals surface area contributed by atoms with E-state index in [4.69, 9.17) is 8.85 Å². The van der Waals surface area contributed by atoms with Gasteiger partial charge in [0.1, 0.15) is 0 Å². The molecule has 4 nitrogen and oxygen atoms in total. The Labute approximate surface area is 241 Å². The highest BCUT2D eigenvalue weighted by molar-refractivity contribution is 7.09. The maximum atomic E-state index is 10.3. The molecule has 0 saturated heterocycles. The van der Waals surface area contributed by atoms with Crippen LogP contribution < -0.4 is 0 Å². The molecular formula is C31H59NO3SSi2. The Hall–Kier alpha value is -0.576. The molecule has 7 heteroatoms. The number of aryl methyl sites for hydroxylation is 1. The Morgan fingerprint density at radius 1 is 1.03 bits per heavy atom. The minimum atomic E-state index is -1.98. The molecule has 0 aliphatic heterocycles. The summed E-state index contributed by atoms with van der Waals surface area (Å²) in [6.07, 6.45) is 7.30. The molecule has 1 rings (SSSR count). The van der Waals surface area contributed by atoms with Crippen LogP contribution in [0.5, 0.6) is 0 Å². The number of hydrogen-bond donors (Lipinski definition) is 1. The van der Waals surface area contributed by atoms with Crippen molar-refractivity contribution in [1.29, 1.82) is 0 Å². The third kappa shape index (κ3) is 11.1. The van der Waals surface area contributed by atoms with Crippen LogP contribution in [0.15, 0.2) is 22.6 Å². The number of aliphatic hydroxyl groups is 1. The number of rotatable bonds is 14. The van der Waals surface area contributed by atoms with Crippen molar-refractivity contribution in [3.05, 3.63) is 33.3 Å². The first-order valence-electron chi connectivity index (χ1n) is 14.4. The van der Waals surface area contributed by atoms with Crippen molar-refractivity contribution in [2.75, 3.05) is 13.2 Å². The van der Waals surface area contributed by atoms with Crippen molar-refractivity contribution in [3.63, 3.8) is 0 Å². The van der Waals surface area contributed by atoms with Gasteiger partial charge in [0, 0.05) is 12.0 Å². The van der Waals surface area contributed by atoms with Crippen LogP contribution in [0.2, 0.25) is 36.3 Å². The van der Waals surface area contributed by atoms with E-state index in [1.54, 1.807) is 11.3 Å². The minimum Gasteiger partial charge on any atom is -0.417 e. The normalized spacial score (nSPS) is 17.0. The number of nitrogens with zero attached hydrogens (tertiary/aromatic N) is 1. The average molecular weight is 582 g/mol. The highest BCUT2D eigenvalue weighted by Crippen LogP contribution is 2.39. The second-order valence-electron chi connectivity index (χ2n) is 14.4. The van der Waals surface area contributed by atoms with Gasteiger partial charge in [-0.25, -0.2) is 4.98 Å². The maximum absolute atomic E-state index is 10.3. The molecule has 0 amide bonds. The van der Waals surface area contributed by atoms with E-state index in [0.717, 1.165) is 42.1 Å². The molecule has 0 bridgehead atoms. The van der Waals surface area contributed by atoms with Gasteiger partial charge in [-0.05, 0) is 98.4 Å². The summed E-state index contributed by atoms with van der Waals surface area (Å²) < 4.78 is 13.4. The van der Waals surface area contributed by atoms with Crippen LogP contribution in [-0.2, 0) is 8.85 Å². The van der Waals surface area contributed by atoms with Crippen molar-refractivity contribution in [2.45, 2.75) is 131 Å². The Kier molecular flexibility index (Phi) is 13.4. The van der Waals surface area contributed by atoms with Gasteiger partial charge in [-0.3, -0.25) is 0 Å². The number of aromatic nitrogens is 1. The lowest BCUT2D eigenvalue weighted by molar-refractivity contribution is 0.215. The largest absolute Gasteiger partial charge is 0.417 e. The summed E-state index contributed by atoms with van der Waals surface area (Å²) in [6.45, 7) is 32.7. The molecular weight excluding hydrogens is 523 g/mol. The third-order valence-electron chi connectivity index (χ3n) is 8.80. The first kappa shape index (κ1) is 35.5. The Balaban J connectivity index is 2.95. The summed E-state index contributed by atoms with van der Waals surface area (Å²) in [5, 5.41) is 13.8. The summed E-state index contributed by atoms with van der Waals surface area (Å²) in [7, 11) is -3.70. The van der Waals surface area contributed by atoms with Gasteiger partial charge >= 0.3 is 0 Å². The fourth-order valence-corrected chi connectivity index (χ4v) is 6.73. The van der Waals surface area contributed by atoms with Crippen molar-refractivity contribution in [1.82, 2.24) is 4.98 Å². The molecule has 0 radical (unpaired) electrons. The van der Waals surface area contributed by atoms with Gasteiger partial charge in [0.25, 0.3) is 0 Å². The predicted octanol–water partition coefficient (Wildman–Crippen LogP) is 9.63. The van der Waals surface area contributed by atoms with Crippen molar-refractivity contribution < 1.29 is 14.0 Å². The minimum absolute atomic E-state index is 0.0245. The van der Waals surface area contributed by atoms with Crippen LogP contribution in [0.1, 0.15) is 92.3 Å². The molecule has 0 saturated carbocycles.